The van der Waals surface area contributed by atoms with Crippen LogP contribution in [-0.2, 0) is 4.74 Å². The van der Waals surface area contributed by atoms with Gasteiger partial charge in [-0.3, -0.25) is 0 Å². The minimum absolute atomic E-state index is 0.415. The van der Waals surface area contributed by atoms with Crippen LogP contribution in [0.4, 0.5) is 0 Å². The lowest BCUT2D eigenvalue weighted by Crippen LogP contribution is -2.38. The number of rotatable bonds is 4. The maximum atomic E-state index is 6.06. The lowest BCUT2D eigenvalue weighted by Gasteiger charge is -2.31. The van der Waals surface area contributed by atoms with Crippen LogP contribution in [0.25, 0.3) is 0 Å². The molecule has 1 aliphatic rings. The number of nitrogens with two attached hydrogens (primary N) is 1. The molecule has 1 aliphatic carbocycles. The standard InChI is InChI=1S/C10H21NOS/c1-8-3-4-9(11)10(7-8)13-6-5-12-2/h8-10H,3-7,11H2,1-2H3. The van der Waals surface area contributed by atoms with Gasteiger partial charge >= 0.3 is 0 Å². The van der Waals surface area contributed by atoms with E-state index in [1.54, 1.807) is 7.11 Å². The van der Waals surface area contributed by atoms with Crippen molar-refractivity contribution in [3.63, 3.8) is 0 Å². The fourth-order valence-electron chi connectivity index (χ4n) is 1.83. The molecule has 0 spiro atoms. The Morgan fingerprint density at radius 2 is 2.23 bits per heavy atom. The van der Waals surface area contributed by atoms with E-state index >= 15 is 0 Å². The molecule has 0 aromatic heterocycles. The summed E-state index contributed by atoms with van der Waals surface area (Å²) in [6.45, 7) is 3.18. The quantitative estimate of drug-likeness (QED) is 0.709. The Morgan fingerprint density at radius 3 is 2.92 bits per heavy atom. The molecule has 78 valence electrons. The minimum Gasteiger partial charge on any atom is -0.384 e. The molecule has 1 fully saturated rings. The first kappa shape index (κ1) is 11.3. The van der Waals surface area contributed by atoms with Gasteiger partial charge in [0.15, 0.2) is 0 Å². The molecule has 0 amide bonds. The highest BCUT2D eigenvalue weighted by Crippen LogP contribution is 2.31. The van der Waals surface area contributed by atoms with Crippen molar-refractivity contribution in [1.29, 1.82) is 0 Å². The molecule has 3 heteroatoms. The van der Waals surface area contributed by atoms with E-state index in [4.69, 9.17) is 10.5 Å². The molecule has 0 heterocycles. The molecule has 0 bridgehead atoms. The minimum atomic E-state index is 0.415. The summed E-state index contributed by atoms with van der Waals surface area (Å²) in [4.78, 5) is 0. The van der Waals surface area contributed by atoms with Gasteiger partial charge in [0.2, 0.25) is 0 Å². The molecule has 0 aliphatic heterocycles. The van der Waals surface area contributed by atoms with Gasteiger partial charge in [0, 0.05) is 24.2 Å². The van der Waals surface area contributed by atoms with E-state index in [1.165, 1.54) is 19.3 Å². The number of thioether (sulfide) groups is 1. The Labute approximate surface area is 85.6 Å². The van der Waals surface area contributed by atoms with E-state index in [1.807, 2.05) is 11.8 Å². The zero-order valence-electron chi connectivity index (χ0n) is 8.66. The number of methoxy groups -OCH3 is 1. The van der Waals surface area contributed by atoms with Crippen molar-refractivity contribution in [2.45, 2.75) is 37.5 Å². The van der Waals surface area contributed by atoms with Crippen molar-refractivity contribution < 1.29 is 4.74 Å². The Balaban J connectivity index is 2.21. The van der Waals surface area contributed by atoms with E-state index in [0.29, 0.717) is 11.3 Å². The highest BCUT2D eigenvalue weighted by atomic mass is 32.2. The summed E-state index contributed by atoms with van der Waals surface area (Å²) in [5, 5.41) is 0.666. The highest BCUT2D eigenvalue weighted by Gasteiger charge is 2.25. The molecule has 1 rings (SSSR count). The van der Waals surface area contributed by atoms with E-state index < -0.39 is 0 Å². The van der Waals surface area contributed by atoms with Gasteiger partial charge in [-0.2, -0.15) is 11.8 Å². The van der Waals surface area contributed by atoms with Crippen LogP contribution in [-0.4, -0.2) is 30.8 Å². The maximum Gasteiger partial charge on any atom is 0.0553 e. The smallest absolute Gasteiger partial charge is 0.0553 e. The van der Waals surface area contributed by atoms with Crippen LogP contribution in [0.2, 0.25) is 0 Å². The normalized spacial score (nSPS) is 34.8. The third-order valence-corrected chi connectivity index (χ3v) is 4.10. The number of ether oxygens (including phenoxy) is 1. The second-order valence-electron chi connectivity index (χ2n) is 3.98. The van der Waals surface area contributed by atoms with E-state index in [2.05, 4.69) is 6.92 Å². The largest absolute Gasteiger partial charge is 0.384 e. The summed E-state index contributed by atoms with van der Waals surface area (Å²) >= 11 is 1.98. The van der Waals surface area contributed by atoms with Crippen molar-refractivity contribution in [3.8, 4) is 0 Å². The van der Waals surface area contributed by atoms with E-state index in [-0.39, 0.29) is 0 Å². The molecule has 3 unspecified atom stereocenters. The summed E-state index contributed by atoms with van der Waals surface area (Å²) in [7, 11) is 1.75. The predicted octanol–water partition coefficient (Wildman–Crippen LogP) is 1.88. The molecule has 2 N–H and O–H groups in total. The first-order valence-electron chi connectivity index (χ1n) is 5.10. The Kier molecular flexibility index (Phi) is 5.14. The van der Waals surface area contributed by atoms with Crippen LogP contribution in [0.1, 0.15) is 26.2 Å². The molecular weight excluding hydrogens is 182 g/mol. The van der Waals surface area contributed by atoms with Gasteiger partial charge in [-0.25, -0.2) is 0 Å². The van der Waals surface area contributed by atoms with Gasteiger partial charge in [0.05, 0.1) is 6.61 Å². The first-order chi connectivity index (χ1) is 6.24. The molecule has 3 atom stereocenters. The lowest BCUT2D eigenvalue weighted by molar-refractivity contribution is 0.218. The molecular formula is C10H21NOS. The van der Waals surface area contributed by atoms with Crippen molar-refractivity contribution in [1.82, 2.24) is 0 Å². The Hall–Kier alpha value is 0.270. The van der Waals surface area contributed by atoms with Crippen molar-refractivity contribution in [2.75, 3.05) is 19.5 Å². The average Bonchev–Trinajstić information content (AvgIpc) is 2.11. The molecule has 0 radical (unpaired) electrons. The third-order valence-electron chi connectivity index (χ3n) is 2.72. The van der Waals surface area contributed by atoms with Crippen molar-refractivity contribution in [3.05, 3.63) is 0 Å². The first-order valence-corrected chi connectivity index (χ1v) is 6.15. The summed E-state index contributed by atoms with van der Waals surface area (Å²) < 4.78 is 5.03. The fraction of sp³-hybridized carbons (Fsp3) is 1.00. The summed E-state index contributed by atoms with van der Waals surface area (Å²) in [6.07, 6.45) is 3.80. The molecule has 0 aromatic carbocycles. The molecule has 2 nitrogen and oxygen atoms in total. The molecule has 13 heavy (non-hydrogen) atoms. The van der Waals surface area contributed by atoms with Crippen LogP contribution in [0.15, 0.2) is 0 Å². The molecule has 0 saturated heterocycles. The maximum absolute atomic E-state index is 6.06. The summed E-state index contributed by atoms with van der Waals surface area (Å²) in [5.41, 5.74) is 6.06. The molecule has 0 aromatic rings. The van der Waals surface area contributed by atoms with Gasteiger partial charge in [-0.05, 0) is 25.2 Å². The SMILES string of the molecule is COCCSC1CC(C)CCC1N. The topological polar surface area (TPSA) is 35.2 Å². The van der Waals surface area contributed by atoms with Crippen molar-refractivity contribution in [2.24, 2.45) is 11.7 Å². The van der Waals surface area contributed by atoms with Gasteiger partial charge in [0.1, 0.15) is 0 Å². The van der Waals surface area contributed by atoms with Gasteiger partial charge in [-0.1, -0.05) is 6.92 Å². The summed E-state index contributed by atoms with van der Waals surface area (Å²) in [6, 6.07) is 0.415. The Morgan fingerprint density at radius 1 is 1.46 bits per heavy atom. The third kappa shape index (κ3) is 3.88. The van der Waals surface area contributed by atoms with Gasteiger partial charge in [-0.15, -0.1) is 0 Å². The van der Waals surface area contributed by atoms with Crippen LogP contribution in [0, 0.1) is 5.92 Å². The zero-order valence-corrected chi connectivity index (χ0v) is 9.48. The molecule has 1 saturated carbocycles. The number of hydrogen-bond acceptors (Lipinski definition) is 3. The van der Waals surface area contributed by atoms with Crippen LogP contribution < -0.4 is 5.73 Å². The van der Waals surface area contributed by atoms with E-state index in [0.717, 1.165) is 18.3 Å². The van der Waals surface area contributed by atoms with Gasteiger partial charge < -0.3 is 10.5 Å². The second-order valence-corrected chi connectivity index (χ2v) is 5.33. The van der Waals surface area contributed by atoms with Crippen molar-refractivity contribution >= 4 is 11.8 Å². The lowest BCUT2D eigenvalue weighted by atomic mass is 9.87. The monoisotopic (exact) mass is 203 g/mol. The second kappa shape index (κ2) is 5.89. The van der Waals surface area contributed by atoms with E-state index in [9.17, 15) is 0 Å². The zero-order chi connectivity index (χ0) is 9.68. The van der Waals surface area contributed by atoms with Gasteiger partial charge in [0.25, 0.3) is 0 Å². The fourth-order valence-corrected chi connectivity index (χ4v) is 3.24. The predicted molar refractivity (Wildman–Crippen MR) is 59.1 cm³/mol. The summed E-state index contributed by atoms with van der Waals surface area (Å²) in [5.74, 6) is 1.95. The number of hydrogen-bond donors (Lipinski definition) is 1. The van der Waals surface area contributed by atoms with Crippen LogP contribution in [0.3, 0.4) is 0 Å². The van der Waals surface area contributed by atoms with Crippen LogP contribution in [0.5, 0.6) is 0 Å². The highest BCUT2D eigenvalue weighted by molar-refractivity contribution is 7.99. The Bertz CT molecular complexity index is 143. The average molecular weight is 203 g/mol. The van der Waals surface area contributed by atoms with Crippen LogP contribution >= 0.6 is 11.8 Å².